The summed E-state index contributed by atoms with van der Waals surface area (Å²) in [4.78, 5) is 31.0. The smallest absolute Gasteiger partial charge is 0.251 e. The van der Waals surface area contributed by atoms with E-state index in [1.807, 2.05) is 13.8 Å². The third-order valence-corrected chi connectivity index (χ3v) is 3.55. The first-order valence-corrected chi connectivity index (χ1v) is 6.89. The highest BCUT2D eigenvalue weighted by Crippen LogP contribution is 2.12. The fraction of sp³-hybridized carbons (Fsp3) is 0.400. The summed E-state index contributed by atoms with van der Waals surface area (Å²) in [6.45, 7) is 4.06. The summed E-state index contributed by atoms with van der Waals surface area (Å²) in [7, 11) is 0. The Bertz CT molecular complexity index is 614. The lowest BCUT2D eigenvalue weighted by molar-refractivity contribution is -0.122. The first-order chi connectivity index (χ1) is 9.65. The molecule has 0 aliphatic heterocycles. The summed E-state index contributed by atoms with van der Waals surface area (Å²) < 4.78 is 0. The summed E-state index contributed by atoms with van der Waals surface area (Å²) in [6.07, 6.45) is 3.21. The van der Waals surface area contributed by atoms with Crippen molar-refractivity contribution < 1.29 is 9.59 Å². The number of ketones is 1. The molecule has 5 nitrogen and oxygen atoms in total. The van der Waals surface area contributed by atoms with Gasteiger partial charge in [-0.3, -0.25) is 9.59 Å². The zero-order valence-corrected chi connectivity index (χ0v) is 11.8. The van der Waals surface area contributed by atoms with Crippen molar-refractivity contribution in [2.45, 2.75) is 26.7 Å². The number of aromatic nitrogens is 2. The van der Waals surface area contributed by atoms with Crippen LogP contribution in [0.3, 0.4) is 0 Å². The minimum atomic E-state index is -0.235. The zero-order chi connectivity index (χ0) is 14.5. The molecule has 106 valence electrons. The van der Waals surface area contributed by atoms with E-state index in [1.54, 1.807) is 24.5 Å². The lowest BCUT2D eigenvalue weighted by Crippen LogP contribution is -2.32. The number of nitrogens with one attached hydrogen (secondary N) is 2. The highest BCUT2D eigenvalue weighted by molar-refractivity contribution is 5.99. The maximum Gasteiger partial charge on any atom is 0.251 e. The normalized spacial score (nSPS) is 10.9. The number of fused-ring (bicyclic) bond motifs is 1. The number of rotatable bonds is 6. The van der Waals surface area contributed by atoms with Gasteiger partial charge in [0.15, 0.2) is 5.78 Å². The number of nitrogens with zero attached hydrogens (tertiary/aromatic N) is 1. The van der Waals surface area contributed by atoms with Gasteiger partial charge in [0.25, 0.3) is 5.91 Å². The largest absolute Gasteiger partial charge is 0.345 e. The quantitative estimate of drug-likeness (QED) is 0.848. The molecule has 0 saturated carbocycles. The molecule has 2 N–H and O–H groups in total. The van der Waals surface area contributed by atoms with Gasteiger partial charge in [-0.1, -0.05) is 13.8 Å². The molecule has 0 fully saturated rings. The van der Waals surface area contributed by atoms with Crippen LogP contribution < -0.4 is 5.32 Å². The number of carbonyl (C=O) groups excluding carboxylic acids is 2. The third-order valence-electron chi connectivity index (χ3n) is 3.55. The summed E-state index contributed by atoms with van der Waals surface area (Å²) in [5.41, 5.74) is 2.15. The van der Waals surface area contributed by atoms with E-state index < -0.39 is 0 Å². The SMILES string of the molecule is CCC(CC)C(=O)CNC(=O)c1ccc2nc[nH]c2c1. The van der Waals surface area contributed by atoms with E-state index in [0.717, 1.165) is 23.9 Å². The van der Waals surface area contributed by atoms with Gasteiger partial charge in [0.1, 0.15) is 0 Å². The third kappa shape index (κ3) is 3.04. The van der Waals surface area contributed by atoms with Crippen LogP contribution in [0.5, 0.6) is 0 Å². The molecule has 20 heavy (non-hydrogen) atoms. The summed E-state index contributed by atoms with van der Waals surface area (Å²) in [5.74, 6) is -0.114. The van der Waals surface area contributed by atoms with Crippen molar-refractivity contribution in [3.63, 3.8) is 0 Å². The van der Waals surface area contributed by atoms with E-state index in [1.165, 1.54) is 0 Å². The van der Waals surface area contributed by atoms with Crippen molar-refractivity contribution in [3.05, 3.63) is 30.1 Å². The molecule has 0 unspecified atom stereocenters. The average Bonchev–Trinajstić information content (AvgIpc) is 2.93. The van der Waals surface area contributed by atoms with Crippen molar-refractivity contribution in [3.8, 4) is 0 Å². The Hall–Kier alpha value is -2.17. The van der Waals surface area contributed by atoms with Crippen LogP contribution in [-0.2, 0) is 4.79 Å². The van der Waals surface area contributed by atoms with Crippen molar-refractivity contribution in [2.75, 3.05) is 6.54 Å². The van der Waals surface area contributed by atoms with Crippen LogP contribution in [-0.4, -0.2) is 28.2 Å². The molecular weight excluding hydrogens is 254 g/mol. The van der Waals surface area contributed by atoms with E-state index in [0.29, 0.717) is 5.56 Å². The molecular formula is C15H19N3O2. The number of Topliss-reactive ketones (excluding diaryl/α,β-unsaturated/α-hetero) is 1. The second-order valence-corrected chi connectivity index (χ2v) is 4.80. The topological polar surface area (TPSA) is 74.8 Å². The number of amides is 1. The average molecular weight is 273 g/mol. The molecule has 0 aliphatic carbocycles. The Morgan fingerprint density at radius 1 is 1.30 bits per heavy atom. The molecule has 1 aromatic heterocycles. The molecule has 0 aliphatic rings. The van der Waals surface area contributed by atoms with E-state index >= 15 is 0 Å². The van der Waals surface area contributed by atoms with Gasteiger partial charge in [-0.15, -0.1) is 0 Å². The molecule has 1 aromatic carbocycles. The molecule has 0 radical (unpaired) electrons. The first-order valence-electron chi connectivity index (χ1n) is 6.89. The Morgan fingerprint density at radius 3 is 2.75 bits per heavy atom. The Balaban J connectivity index is 1.99. The molecule has 5 heteroatoms. The molecule has 1 amide bonds. The van der Waals surface area contributed by atoms with Crippen LogP contribution >= 0.6 is 0 Å². The van der Waals surface area contributed by atoms with Gasteiger partial charge in [-0.25, -0.2) is 4.98 Å². The summed E-state index contributed by atoms with van der Waals surface area (Å²) >= 11 is 0. The van der Waals surface area contributed by atoms with Crippen LogP contribution in [0, 0.1) is 5.92 Å². The summed E-state index contributed by atoms with van der Waals surface area (Å²) in [6, 6.07) is 5.23. The molecule has 2 rings (SSSR count). The summed E-state index contributed by atoms with van der Waals surface area (Å²) in [5, 5.41) is 2.68. The van der Waals surface area contributed by atoms with E-state index in [2.05, 4.69) is 15.3 Å². The lowest BCUT2D eigenvalue weighted by atomic mass is 9.98. The number of H-pyrrole nitrogens is 1. The van der Waals surface area contributed by atoms with Crippen LogP contribution in [0.1, 0.15) is 37.0 Å². The van der Waals surface area contributed by atoms with Gasteiger partial charge >= 0.3 is 0 Å². The Labute approximate surface area is 117 Å². The fourth-order valence-electron chi connectivity index (χ4n) is 2.23. The van der Waals surface area contributed by atoms with Crippen molar-refractivity contribution in [2.24, 2.45) is 5.92 Å². The minimum Gasteiger partial charge on any atom is -0.345 e. The maximum atomic E-state index is 12.0. The highest BCUT2D eigenvalue weighted by atomic mass is 16.2. The second kappa shape index (κ2) is 6.32. The number of aromatic amines is 1. The van der Waals surface area contributed by atoms with E-state index in [-0.39, 0.29) is 24.2 Å². The van der Waals surface area contributed by atoms with Crippen LogP contribution in [0.15, 0.2) is 24.5 Å². The number of hydrogen-bond acceptors (Lipinski definition) is 3. The standard InChI is InChI=1S/C15H19N3O2/c1-3-10(4-2)14(19)8-16-15(20)11-5-6-12-13(7-11)18-9-17-12/h5-7,9-10H,3-4,8H2,1-2H3,(H,16,20)(H,17,18). The van der Waals surface area contributed by atoms with Gasteiger partial charge in [0, 0.05) is 11.5 Å². The molecule has 0 bridgehead atoms. The first kappa shape index (κ1) is 14.2. The van der Waals surface area contributed by atoms with Crippen molar-refractivity contribution in [1.82, 2.24) is 15.3 Å². The van der Waals surface area contributed by atoms with Gasteiger partial charge < -0.3 is 10.3 Å². The van der Waals surface area contributed by atoms with Gasteiger partial charge in [-0.2, -0.15) is 0 Å². The van der Waals surface area contributed by atoms with Gasteiger partial charge in [-0.05, 0) is 31.0 Å². The lowest BCUT2D eigenvalue weighted by Gasteiger charge is -2.11. The predicted molar refractivity (Wildman–Crippen MR) is 77.5 cm³/mol. The number of carbonyl (C=O) groups is 2. The van der Waals surface area contributed by atoms with Crippen LogP contribution in [0.4, 0.5) is 0 Å². The molecule has 0 atom stereocenters. The van der Waals surface area contributed by atoms with Gasteiger partial charge in [0.2, 0.25) is 0 Å². The van der Waals surface area contributed by atoms with E-state index in [4.69, 9.17) is 0 Å². The number of benzene rings is 1. The molecule has 0 saturated heterocycles. The minimum absolute atomic E-state index is 0.0328. The fourth-order valence-corrected chi connectivity index (χ4v) is 2.23. The predicted octanol–water partition coefficient (Wildman–Crippen LogP) is 2.30. The van der Waals surface area contributed by atoms with Crippen molar-refractivity contribution in [1.29, 1.82) is 0 Å². The highest BCUT2D eigenvalue weighted by Gasteiger charge is 2.15. The molecule has 0 spiro atoms. The number of imidazole rings is 1. The zero-order valence-electron chi connectivity index (χ0n) is 11.8. The monoisotopic (exact) mass is 273 g/mol. The van der Waals surface area contributed by atoms with E-state index in [9.17, 15) is 9.59 Å². The van der Waals surface area contributed by atoms with Crippen LogP contribution in [0.2, 0.25) is 0 Å². The second-order valence-electron chi connectivity index (χ2n) is 4.80. The Kier molecular flexibility index (Phi) is 4.50. The van der Waals surface area contributed by atoms with Crippen LogP contribution in [0.25, 0.3) is 11.0 Å². The molecule has 1 heterocycles. The number of hydrogen-bond donors (Lipinski definition) is 2. The van der Waals surface area contributed by atoms with Gasteiger partial charge in [0.05, 0.1) is 23.9 Å². The maximum absolute atomic E-state index is 12.0. The Morgan fingerprint density at radius 2 is 2.05 bits per heavy atom. The molecule has 2 aromatic rings. The van der Waals surface area contributed by atoms with Crippen molar-refractivity contribution >= 4 is 22.7 Å².